The second-order valence-corrected chi connectivity index (χ2v) is 8.52. The number of carbonyl (C=O) groups excluding carboxylic acids is 1. The van der Waals surface area contributed by atoms with Crippen LogP contribution < -0.4 is 4.74 Å². The van der Waals surface area contributed by atoms with Crippen molar-refractivity contribution in [1.29, 1.82) is 0 Å². The summed E-state index contributed by atoms with van der Waals surface area (Å²) in [4.78, 5) is 21.0. The van der Waals surface area contributed by atoms with E-state index in [-0.39, 0.29) is 12.1 Å². The number of nitrogens with zero attached hydrogens (tertiary/aromatic N) is 3. The maximum atomic E-state index is 12.7. The summed E-state index contributed by atoms with van der Waals surface area (Å²) in [6, 6.07) is 16.8. The van der Waals surface area contributed by atoms with Gasteiger partial charge in [0.05, 0.1) is 18.7 Å². The van der Waals surface area contributed by atoms with Gasteiger partial charge in [0.25, 0.3) is 0 Å². The van der Waals surface area contributed by atoms with Crippen LogP contribution in [0.15, 0.2) is 54.7 Å². The van der Waals surface area contributed by atoms with E-state index in [2.05, 4.69) is 42.2 Å². The van der Waals surface area contributed by atoms with Crippen molar-refractivity contribution in [2.24, 2.45) is 0 Å². The zero-order chi connectivity index (χ0) is 21.9. The number of morpholine rings is 1. The van der Waals surface area contributed by atoms with Gasteiger partial charge in [-0.2, -0.15) is 0 Å². The molecule has 6 nitrogen and oxygen atoms in total. The van der Waals surface area contributed by atoms with E-state index in [9.17, 15) is 4.79 Å². The van der Waals surface area contributed by atoms with Gasteiger partial charge in [-0.1, -0.05) is 30.3 Å². The molecule has 2 amide bonds. The minimum Gasteiger partial charge on any atom is -0.490 e. The Balaban J connectivity index is 1.20. The first-order valence-electron chi connectivity index (χ1n) is 11.4. The first kappa shape index (κ1) is 20.8. The number of rotatable bonds is 3. The van der Waals surface area contributed by atoms with Crippen LogP contribution in [-0.2, 0) is 4.74 Å². The van der Waals surface area contributed by atoms with Crippen molar-refractivity contribution in [2.45, 2.75) is 25.9 Å². The van der Waals surface area contributed by atoms with E-state index in [4.69, 9.17) is 9.47 Å². The summed E-state index contributed by atoms with van der Waals surface area (Å²) >= 11 is 0. The number of piperidine rings is 1. The SMILES string of the molecule is Cc1c(-c2ccc(OC3CCN(C(=O)N4CCOCC4)CC3)cc2)ccc2cccnc12. The molecule has 0 N–H and O–H groups in total. The monoisotopic (exact) mass is 431 g/mol. The van der Waals surface area contributed by atoms with Crippen LogP contribution >= 0.6 is 0 Å². The van der Waals surface area contributed by atoms with Crippen LogP contribution in [0.5, 0.6) is 5.75 Å². The van der Waals surface area contributed by atoms with E-state index >= 15 is 0 Å². The molecule has 2 aromatic carbocycles. The number of carbonyl (C=O) groups is 1. The molecule has 2 fully saturated rings. The average Bonchev–Trinajstić information content (AvgIpc) is 2.86. The lowest BCUT2D eigenvalue weighted by molar-refractivity contribution is 0.0360. The Morgan fingerprint density at radius 1 is 0.969 bits per heavy atom. The van der Waals surface area contributed by atoms with Gasteiger partial charge in [0.2, 0.25) is 0 Å². The number of hydrogen-bond donors (Lipinski definition) is 0. The largest absolute Gasteiger partial charge is 0.490 e. The van der Waals surface area contributed by atoms with Crippen LogP contribution in [0.1, 0.15) is 18.4 Å². The fraction of sp³-hybridized carbons (Fsp3) is 0.385. The predicted octanol–water partition coefficient (Wildman–Crippen LogP) is 4.51. The van der Waals surface area contributed by atoms with Gasteiger partial charge in [0.15, 0.2) is 0 Å². The molecule has 0 bridgehead atoms. The summed E-state index contributed by atoms with van der Waals surface area (Å²) in [5.41, 5.74) is 4.59. The number of benzene rings is 2. The number of pyridine rings is 1. The van der Waals surface area contributed by atoms with Crippen molar-refractivity contribution in [3.05, 3.63) is 60.3 Å². The normalized spacial score (nSPS) is 17.5. The predicted molar refractivity (Wildman–Crippen MR) is 125 cm³/mol. The van der Waals surface area contributed by atoms with Crippen LogP contribution in [0.25, 0.3) is 22.0 Å². The molecule has 3 heterocycles. The number of aromatic nitrogens is 1. The summed E-state index contributed by atoms with van der Waals surface area (Å²) < 4.78 is 11.6. The number of ether oxygens (including phenoxy) is 2. The lowest BCUT2D eigenvalue weighted by atomic mass is 9.98. The quantitative estimate of drug-likeness (QED) is 0.613. The Bertz CT molecular complexity index is 1090. The first-order valence-corrected chi connectivity index (χ1v) is 11.4. The van der Waals surface area contributed by atoms with Gasteiger partial charge >= 0.3 is 6.03 Å². The Hall–Kier alpha value is -3.12. The van der Waals surface area contributed by atoms with Crippen LogP contribution in [0.2, 0.25) is 0 Å². The van der Waals surface area contributed by atoms with Crippen molar-refractivity contribution in [2.75, 3.05) is 39.4 Å². The number of fused-ring (bicyclic) bond motifs is 1. The highest BCUT2D eigenvalue weighted by Crippen LogP contribution is 2.30. The van der Waals surface area contributed by atoms with Gasteiger partial charge in [-0.3, -0.25) is 4.98 Å². The molecule has 0 saturated carbocycles. The third-order valence-electron chi connectivity index (χ3n) is 6.49. The topological polar surface area (TPSA) is 54.9 Å². The lowest BCUT2D eigenvalue weighted by Crippen LogP contribution is -2.51. The summed E-state index contributed by atoms with van der Waals surface area (Å²) in [5.74, 6) is 0.878. The van der Waals surface area contributed by atoms with Crippen molar-refractivity contribution in [1.82, 2.24) is 14.8 Å². The molecule has 2 saturated heterocycles. The van der Waals surface area contributed by atoms with E-state index in [0.717, 1.165) is 48.1 Å². The van der Waals surface area contributed by atoms with Crippen LogP contribution in [0, 0.1) is 6.92 Å². The number of urea groups is 1. The van der Waals surface area contributed by atoms with E-state index < -0.39 is 0 Å². The fourth-order valence-electron chi connectivity index (χ4n) is 4.63. The molecular formula is C26H29N3O3. The number of hydrogen-bond acceptors (Lipinski definition) is 4. The van der Waals surface area contributed by atoms with Gasteiger partial charge in [0, 0.05) is 50.6 Å². The highest BCUT2D eigenvalue weighted by Gasteiger charge is 2.28. The fourth-order valence-corrected chi connectivity index (χ4v) is 4.63. The van der Waals surface area contributed by atoms with Crippen LogP contribution in [0.4, 0.5) is 4.79 Å². The molecule has 0 spiro atoms. The summed E-state index contributed by atoms with van der Waals surface area (Å²) in [5, 5.41) is 1.16. The minimum absolute atomic E-state index is 0.136. The molecule has 6 heteroatoms. The zero-order valence-corrected chi connectivity index (χ0v) is 18.5. The molecule has 166 valence electrons. The van der Waals surface area contributed by atoms with Crippen molar-refractivity contribution in [3.8, 4) is 16.9 Å². The van der Waals surface area contributed by atoms with Gasteiger partial charge < -0.3 is 19.3 Å². The third kappa shape index (κ3) is 4.28. The summed E-state index contributed by atoms with van der Waals surface area (Å²) in [6.45, 7) is 6.25. The number of amides is 2. The molecule has 0 aliphatic carbocycles. The van der Waals surface area contributed by atoms with E-state index in [1.54, 1.807) is 0 Å². The van der Waals surface area contributed by atoms with Gasteiger partial charge in [-0.15, -0.1) is 0 Å². The standard InChI is InChI=1S/C26H29N3O3/c1-19-24(9-6-21-3-2-12-27-25(19)21)20-4-7-22(8-5-20)32-23-10-13-28(14-11-23)26(30)29-15-17-31-18-16-29/h2-9,12,23H,10-11,13-18H2,1H3. The zero-order valence-electron chi connectivity index (χ0n) is 18.5. The molecule has 2 aliphatic heterocycles. The molecule has 5 rings (SSSR count). The maximum Gasteiger partial charge on any atom is 0.320 e. The number of likely N-dealkylation sites (tertiary alicyclic amines) is 1. The molecule has 1 aromatic heterocycles. The highest BCUT2D eigenvalue weighted by atomic mass is 16.5. The first-order chi connectivity index (χ1) is 15.7. The molecule has 0 radical (unpaired) electrons. The van der Waals surface area contributed by atoms with E-state index in [1.165, 1.54) is 11.1 Å². The lowest BCUT2D eigenvalue weighted by Gasteiger charge is -2.37. The molecule has 2 aliphatic rings. The Labute approximate surface area is 188 Å². The molecule has 32 heavy (non-hydrogen) atoms. The van der Waals surface area contributed by atoms with Gasteiger partial charge in [-0.25, -0.2) is 4.79 Å². The minimum atomic E-state index is 0.136. The van der Waals surface area contributed by atoms with Crippen LogP contribution in [-0.4, -0.2) is 66.3 Å². The Morgan fingerprint density at radius 3 is 2.44 bits per heavy atom. The number of aryl methyl sites for hydroxylation is 1. The van der Waals surface area contributed by atoms with E-state index in [0.29, 0.717) is 26.3 Å². The molecular weight excluding hydrogens is 402 g/mol. The molecule has 0 atom stereocenters. The third-order valence-corrected chi connectivity index (χ3v) is 6.49. The molecule has 0 unspecified atom stereocenters. The Kier molecular flexibility index (Phi) is 5.95. The van der Waals surface area contributed by atoms with E-state index in [1.807, 2.05) is 34.2 Å². The summed E-state index contributed by atoms with van der Waals surface area (Å²) in [6.07, 6.45) is 3.69. The van der Waals surface area contributed by atoms with Crippen molar-refractivity contribution < 1.29 is 14.3 Å². The second kappa shape index (κ2) is 9.17. The Morgan fingerprint density at radius 2 is 1.69 bits per heavy atom. The summed E-state index contributed by atoms with van der Waals surface area (Å²) in [7, 11) is 0. The average molecular weight is 432 g/mol. The van der Waals surface area contributed by atoms with Gasteiger partial charge in [0.1, 0.15) is 11.9 Å². The van der Waals surface area contributed by atoms with Crippen molar-refractivity contribution in [3.63, 3.8) is 0 Å². The molecule has 3 aromatic rings. The van der Waals surface area contributed by atoms with Crippen LogP contribution in [0.3, 0.4) is 0 Å². The highest BCUT2D eigenvalue weighted by molar-refractivity contribution is 5.88. The van der Waals surface area contributed by atoms with Gasteiger partial charge in [-0.05, 0) is 41.8 Å². The smallest absolute Gasteiger partial charge is 0.320 e. The van der Waals surface area contributed by atoms with Crippen molar-refractivity contribution >= 4 is 16.9 Å². The maximum absolute atomic E-state index is 12.7. The second-order valence-electron chi connectivity index (χ2n) is 8.52.